The molecule has 2 aliphatic carbocycles. The zero-order valence-electron chi connectivity index (χ0n) is 13.8. The van der Waals surface area contributed by atoms with Gasteiger partial charge in [-0.15, -0.1) is 11.3 Å². The number of fused-ring (bicyclic) bond motifs is 3. The standard InChI is InChI=1S/C17H22N2O3S/c1-15(2)16(3)8-9-17(15,22-13(16)21)12(20)19-14-18-10-6-4-5-7-11(10)23-14/h4-9H2,1-3H3,(H,18,19,20)/t16-,17+/m1/s1. The first-order valence-electron chi connectivity index (χ1n) is 8.34. The maximum absolute atomic E-state index is 13.0. The largest absolute Gasteiger partial charge is 0.448 e. The van der Waals surface area contributed by atoms with E-state index in [0.29, 0.717) is 18.0 Å². The zero-order valence-corrected chi connectivity index (χ0v) is 14.6. The number of amides is 1. The fourth-order valence-corrected chi connectivity index (χ4v) is 5.40. The highest BCUT2D eigenvalue weighted by Gasteiger charge is 2.75. The Balaban J connectivity index is 1.62. The van der Waals surface area contributed by atoms with Gasteiger partial charge in [0.15, 0.2) is 10.7 Å². The van der Waals surface area contributed by atoms with Crippen molar-refractivity contribution >= 4 is 28.3 Å². The maximum atomic E-state index is 13.0. The van der Waals surface area contributed by atoms with Crippen LogP contribution >= 0.6 is 11.3 Å². The molecule has 6 heteroatoms. The summed E-state index contributed by atoms with van der Waals surface area (Å²) in [4.78, 5) is 31.1. The number of aromatic nitrogens is 1. The number of nitrogens with one attached hydrogen (secondary N) is 1. The predicted molar refractivity (Wildman–Crippen MR) is 87.3 cm³/mol. The molecule has 0 spiro atoms. The Labute approximate surface area is 139 Å². The minimum atomic E-state index is -1.06. The molecule has 4 rings (SSSR count). The van der Waals surface area contributed by atoms with E-state index in [-0.39, 0.29) is 11.9 Å². The molecular formula is C17H22N2O3S. The minimum absolute atomic E-state index is 0.219. The molecule has 0 radical (unpaired) electrons. The lowest BCUT2D eigenvalue weighted by atomic mass is 9.66. The van der Waals surface area contributed by atoms with E-state index < -0.39 is 16.4 Å². The van der Waals surface area contributed by atoms with Crippen LogP contribution in [0.5, 0.6) is 0 Å². The van der Waals surface area contributed by atoms with Gasteiger partial charge in [0.2, 0.25) is 0 Å². The van der Waals surface area contributed by atoms with Crippen molar-refractivity contribution in [2.45, 2.75) is 64.9 Å². The van der Waals surface area contributed by atoms with E-state index in [9.17, 15) is 9.59 Å². The van der Waals surface area contributed by atoms with Crippen LogP contribution in [-0.2, 0) is 27.2 Å². The lowest BCUT2D eigenvalue weighted by Gasteiger charge is -2.35. The zero-order chi connectivity index (χ0) is 16.5. The van der Waals surface area contributed by atoms with E-state index in [0.717, 1.165) is 25.0 Å². The van der Waals surface area contributed by atoms with Gasteiger partial charge in [-0.3, -0.25) is 14.9 Å². The SMILES string of the molecule is CC1(C)[C@@]2(C(=O)Nc3nc4c(s3)CCCC4)CC[C@]1(C)C(=O)O2. The quantitative estimate of drug-likeness (QED) is 0.844. The number of hydrogen-bond acceptors (Lipinski definition) is 5. The maximum Gasteiger partial charge on any atom is 0.313 e. The fourth-order valence-electron chi connectivity index (χ4n) is 4.35. The van der Waals surface area contributed by atoms with Crippen LogP contribution in [0.1, 0.15) is 57.0 Å². The summed E-state index contributed by atoms with van der Waals surface area (Å²) in [7, 11) is 0. The second-order valence-electron chi connectivity index (χ2n) is 7.72. The van der Waals surface area contributed by atoms with Gasteiger partial charge in [-0.2, -0.15) is 0 Å². The number of rotatable bonds is 2. The van der Waals surface area contributed by atoms with Crippen molar-refractivity contribution in [3.63, 3.8) is 0 Å². The Bertz CT molecular complexity index is 687. The van der Waals surface area contributed by atoms with E-state index in [1.165, 1.54) is 11.3 Å². The number of ether oxygens (including phenoxy) is 1. The molecule has 2 heterocycles. The van der Waals surface area contributed by atoms with Gasteiger partial charge in [-0.1, -0.05) is 13.8 Å². The molecule has 1 aliphatic heterocycles. The summed E-state index contributed by atoms with van der Waals surface area (Å²) in [5.74, 6) is -0.467. The van der Waals surface area contributed by atoms with Crippen molar-refractivity contribution in [3.8, 4) is 0 Å². The second-order valence-corrected chi connectivity index (χ2v) is 8.81. The third kappa shape index (κ3) is 1.76. The molecule has 2 bridgehead atoms. The van der Waals surface area contributed by atoms with Crippen LogP contribution < -0.4 is 5.32 Å². The van der Waals surface area contributed by atoms with Gasteiger partial charge in [0.1, 0.15) is 0 Å². The van der Waals surface area contributed by atoms with E-state index in [4.69, 9.17) is 4.74 Å². The first kappa shape index (κ1) is 15.1. The molecule has 0 aromatic carbocycles. The Morgan fingerprint density at radius 2 is 1.96 bits per heavy atom. The lowest BCUT2D eigenvalue weighted by molar-refractivity contribution is -0.165. The van der Waals surface area contributed by atoms with Crippen molar-refractivity contribution in [2.24, 2.45) is 10.8 Å². The third-order valence-electron chi connectivity index (χ3n) is 6.52. The predicted octanol–water partition coefficient (Wildman–Crippen LogP) is 3.08. The van der Waals surface area contributed by atoms with Crippen LogP contribution in [0.15, 0.2) is 0 Å². The molecule has 1 amide bonds. The van der Waals surface area contributed by atoms with Gasteiger partial charge in [0.05, 0.1) is 11.1 Å². The summed E-state index contributed by atoms with van der Waals surface area (Å²) in [6, 6.07) is 0. The van der Waals surface area contributed by atoms with Gasteiger partial charge >= 0.3 is 5.97 Å². The molecule has 5 nitrogen and oxygen atoms in total. The number of carbonyl (C=O) groups is 2. The normalized spacial score (nSPS) is 34.1. The van der Waals surface area contributed by atoms with Crippen LogP contribution in [0.2, 0.25) is 0 Å². The first-order chi connectivity index (χ1) is 10.8. The lowest BCUT2D eigenvalue weighted by Crippen LogP contribution is -2.50. The van der Waals surface area contributed by atoms with Crippen LogP contribution in [0.4, 0.5) is 5.13 Å². The average molecular weight is 334 g/mol. The number of thiazole rings is 1. The summed E-state index contributed by atoms with van der Waals surface area (Å²) < 4.78 is 5.63. The van der Waals surface area contributed by atoms with Crippen LogP contribution in [0.3, 0.4) is 0 Å². The third-order valence-corrected chi connectivity index (χ3v) is 7.59. The van der Waals surface area contributed by atoms with Crippen molar-refractivity contribution < 1.29 is 14.3 Å². The second kappa shape index (κ2) is 4.56. The minimum Gasteiger partial charge on any atom is -0.448 e. The molecule has 1 saturated heterocycles. The molecule has 3 aliphatic rings. The number of carbonyl (C=O) groups excluding carboxylic acids is 2. The van der Waals surface area contributed by atoms with Gasteiger partial charge < -0.3 is 4.74 Å². The van der Waals surface area contributed by atoms with Crippen molar-refractivity contribution in [1.82, 2.24) is 4.98 Å². The van der Waals surface area contributed by atoms with Crippen LogP contribution in [-0.4, -0.2) is 22.5 Å². The molecule has 2 fully saturated rings. The molecular weight excluding hydrogens is 312 g/mol. The Morgan fingerprint density at radius 3 is 2.57 bits per heavy atom. The Kier molecular flexibility index (Phi) is 3.00. The van der Waals surface area contributed by atoms with Gasteiger partial charge in [0.25, 0.3) is 5.91 Å². The van der Waals surface area contributed by atoms with Crippen molar-refractivity contribution in [1.29, 1.82) is 0 Å². The van der Waals surface area contributed by atoms with Crippen molar-refractivity contribution in [2.75, 3.05) is 5.32 Å². The number of anilines is 1. The highest BCUT2D eigenvalue weighted by Crippen LogP contribution is 2.65. The molecule has 1 saturated carbocycles. The highest BCUT2D eigenvalue weighted by molar-refractivity contribution is 7.15. The Morgan fingerprint density at radius 1 is 1.22 bits per heavy atom. The van der Waals surface area contributed by atoms with E-state index >= 15 is 0 Å². The van der Waals surface area contributed by atoms with Gasteiger partial charge in [0, 0.05) is 10.3 Å². The van der Waals surface area contributed by atoms with Crippen LogP contribution in [0, 0.1) is 10.8 Å². The number of esters is 1. The monoisotopic (exact) mass is 334 g/mol. The topological polar surface area (TPSA) is 68.3 Å². The summed E-state index contributed by atoms with van der Waals surface area (Å²) in [5.41, 5.74) is -1.04. The molecule has 1 aromatic rings. The molecule has 2 atom stereocenters. The molecule has 124 valence electrons. The summed E-state index contributed by atoms with van der Waals surface area (Å²) >= 11 is 1.56. The molecule has 0 unspecified atom stereocenters. The molecule has 23 heavy (non-hydrogen) atoms. The highest BCUT2D eigenvalue weighted by atomic mass is 32.1. The number of hydrogen-bond donors (Lipinski definition) is 1. The number of nitrogens with zero attached hydrogens (tertiary/aromatic N) is 1. The van der Waals surface area contributed by atoms with E-state index in [2.05, 4.69) is 10.3 Å². The molecule has 1 aromatic heterocycles. The van der Waals surface area contributed by atoms with E-state index in [1.807, 2.05) is 20.8 Å². The van der Waals surface area contributed by atoms with Gasteiger partial charge in [-0.25, -0.2) is 4.98 Å². The average Bonchev–Trinajstić information content (AvgIpc) is 3.04. The number of aryl methyl sites for hydroxylation is 2. The summed E-state index contributed by atoms with van der Waals surface area (Å²) in [6.45, 7) is 5.86. The Hall–Kier alpha value is -1.43. The molecule has 1 N–H and O–H groups in total. The van der Waals surface area contributed by atoms with Crippen molar-refractivity contribution in [3.05, 3.63) is 10.6 Å². The van der Waals surface area contributed by atoms with E-state index in [1.54, 1.807) is 11.3 Å². The smallest absolute Gasteiger partial charge is 0.313 e. The fraction of sp³-hybridized carbons (Fsp3) is 0.706. The van der Waals surface area contributed by atoms with Crippen LogP contribution in [0.25, 0.3) is 0 Å². The summed E-state index contributed by atoms with van der Waals surface area (Å²) in [6.07, 6.45) is 5.67. The summed E-state index contributed by atoms with van der Waals surface area (Å²) in [5, 5.41) is 3.59. The first-order valence-corrected chi connectivity index (χ1v) is 9.15. The van der Waals surface area contributed by atoms with Gasteiger partial charge in [-0.05, 0) is 45.4 Å².